The molecule has 0 aromatic heterocycles. The van der Waals surface area contributed by atoms with Crippen molar-refractivity contribution in [2.45, 2.75) is 31.8 Å². The summed E-state index contributed by atoms with van der Waals surface area (Å²) >= 11 is 0. The molecule has 0 aliphatic carbocycles. The third-order valence-electron chi connectivity index (χ3n) is 5.62. The molecule has 0 spiro atoms. The smallest absolute Gasteiger partial charge is 0.234 e. The van der Waals surface area contributed by atoms with Crippen LogP contribution in [0.15, 0.2) is 66.7 Å². The van der Waals surface area contributed by atoms with Crippen LogP contribution in [-0.4, -0.2) is 30.9 Å². The number of hydrogen-bond donors (Lipinski definition) is 3. The number of fused-ring (bicyclic) bond motifs is 1. The minimum absolute atomic E-state index is 0.154. The third kappa shape index (κ3) is 5.89. The van der Waals surface area contributed by atoms with Crippen molar-refractivity contribution in [2.75, 3.05) is 7.05 Å². The molecule has 6 heteroatoms. The molecule has 0 radical (unpaired) electrons. The fourth-order valence-corrected chi connectivity index (χ4v) is 3.83. The van der Waals surface area contributed by atoms with Crippen molar-refractivity contribution in [3.8, 4) is 0 Å². The van der Waals surface area contributed by atoms with E-state index in [0.717, 1.165) is 21.9 Å². The Balaban J connectivity index is 1.75. The van der Waals surface area contributed by atoms with Crippen molar-refractivity contribution >= 4 is 22.6 Å². The van der Waals surface area contributed by atoms with Crippen molar-refractivity contribution in [3.63, 3.8) is 0 Å². The van der Waals surface area contributed by atoms with Crippen LogP contribution in [0.25, 0.3) is 10.8 Å². The number of carbonyl (C=O) groups excluding carboxylic acids is 2. The highest BCUT2D eigenvalue weighted by Gasteiger charge is 2.28. The van der Waals surface area contributed by atoms with Crippen LogP contribution in [0, 0.1) is 11.7 Å². The molecule has 1 unspecified atom stereocenters. The predicted octanol–water partition coefficient (Wildman–Crippen LogP) is 2.96. The standard InChI is InChI=1S/C25H28FN3O2/c1-16(22(25(31)28-2)14-17-8-11-21(26)12-9-17)29-23(24(27)30)15-18-7-10-19-5-3-4-6-20(19)13-18/h3-13,16,22-23,29H,14-15H2,1-2H3,(H2,27,30)(H,28,31)/t16-,22-,23?/m1/s1. The van der Waals surface area contributed by atoms with Crippen molar-refractivity contribution in [2.24, 2.45) is 11.7 Å². The van der Waals surface area contributed by atoms with Gasteiger partial charge in [0.1, 0.15) is 5.82 Å². The maximum atomic E-state index is 13.2. The first-order valence-corrected chi connectivity index (χ1v) is 10.4. The molecule has 31 heavy (non-hydrogen) atoms. The lowest BCUT2D eigenvalue weighted by Gasteiger charge is -2.27. The van der Waals surface area contributed by atoms with E-state index in [1.54, 1.807) is 19.2 Å². The van der Waals surface area contributed by atoms with Crippen molar-refractivity contribution in [1.29, 1.82) is 0 Å². The van der Waals surface area contributed by atoms with E-state index in [1.165, 1.54) is 12.1 Å². The van der Waals surface area contributed by atoms with Gasteiger partial charge < -0.3 is 16.4 Å². The zero-order valence-electron chi connectivity index (χ0n) is 17.8. The highest BCUT2D eigenvalue weighted by Crippen LogP contribution is 2.18. The molecule has 3 aromatic carbocycles. The molecule has 0 bridgehead atoms. The first kappa shape index (κ1) is 22.4. The SMILES string of the molecule is CNC(=O)[C@H](Cc1ccc(F)cc1)[C@@H](C)NC(Cc1ccc2ccccc2c1)C(N)=O. The number of benzene rings is 3. The van der Waals surface area contributed by atoms with Gasteiger partial charge >= 0.3 is 0 Å². The number of halogens is 1. The van der Waals surface area contributed by atoms with Crippen LogP contribution < -0.4 is 16.4 Å². The van der Waals surface area contributed by atoms with Crippen LogP contribution >= 0.6 is 0 Å². The summed E-state index contributed by atoms with van der Waals surface area (Å²) in [6, 6.07) is 19.2. The molecule has 2 amide bonds. The second-order valence-corrected chi connectivity index (χ2v) is 7.85. The largest absolute Gasteiger partial charge is 0.368 e. The number of carbonyl (C=O) groups is 2. The lowest BCUT2D eigenvalue weighted by molar-refractivity contribution is -0.126. The van der Waals surface area contributed by atoms with Gasteiger partial charge in [-0.2, -0.15) is 0 Å². The molecule has 0 aliphatic rings. The lowest BCUT2D eigenvalue weighted by Crippen LogP contribution is -2.52. The van der Waals surface area contributed by atoms with Gasteiger partial charge in [0.15, 0.2) is 0 Å². The minimum Gasteiger partial charge on any atom is -0.368 e. The van der Waals surface area contributed by atoms with Gasteiger partial charge in [0.05, 0.1) is 12.0 Å². The van der Waals surface area contributed by atoms with Gasteiger partial charge in [-0.15, -0.1) is 0 Å². The fourth-order valence-electron chi connectivity index (χ4n) is 3.83. The van der Waals surface area contributed by atoms with Crippen LogP contribution in [0.2, 0.25) is 0 Å². The summed E-state index contributed by atoms with van der Waals surface area (Å²) in [7, 11) is 1.58. The first-order valence-electron chi connectivity index (χ1n) is 10.4. The van der Waals surface area contributed by atoms with Crippen LogP contribution in [0.4, 0.5) is 4.39 Å². The number of rotatable bonds is 9. The Bertz CT molecular complexity index is 1050. The molecular formula is C25H28FN3O2. The molecule has 3 atom stereocenters. The Morgan fingerprint density at radius 2 is 1.58 bits per heavy atom. The van der Waals surface area contributed by atoms with Crippen LogP contribution in [0.5, 0.6) is 0 Å². The maximum absolute atomic E-state index is 13.2. The van der Waals surface area contributed by atoms with Gasteiger partial charge in [-0.05, 0) is 53.8 Å². The molecule has 3 rings (SSSR count). The van der Waals surface area contributed by atoms with Gasteiger partial charge in [-0.3, -0.25) is 9.59 Å². The second kappa shape index (κ2) is 10.2. The van der Waals surface area contributed by atoms with Crippen molar-refractivity contribution in [3.05, 3.63) is 83.7 Å². The molecule has 5 nitrogen and oxygen atoms in total. The summed E-state index contributed by atoms with van der Waals surface area (Å²) in [5, 5.41) is 8.15. The quantitative estimate of drug-likeness (QED) is 0.497. The van der Waals surface area contributed by atoms with Gasteiger partial charge in [0, 0.05) is 13.1 Å². The number of hydrogen-bond acceptors (Lipinski definition) is 3. The van der Waals surface area contributed by atoms with Crippen molar-refractivity contribution in [1.82, 2.24) is 10.6 Å². The number of nitrogens with two attached hydrogens (primary N) is 1. The van der Waals surface area contributed by atoms with E-state index in [-0.39, 0.29) is 17.8 Å². The predicted molar refractivity (Wildman–Crippen MR) is 121 cm³/mol. The number of nitrogens with one attached hydrogen (secondary N) is 2. The van der Waals surface area contributed by atoms with E-state index in [9.17, 15) is 14.0 Å². The van der Waals surface area contributed by atoms with Crippen LogP contribution in [0.3, 0.4) is 0 Å². The molecule has 0 saturated carbocycles. The monoisotopic (exact) mass is 421 g/mol. The normalized spacial score (nSPS) is 14.0. The zero-order valence-corrected chi connectivity index (χ0v) is 17.8. The number of primary amides is 1. The summed E-state index contributed by atoms with van der Waals surface area (Å²) < 4.78 is 13.2. The van der Waals surface area contributed by atoms with E-state index in [1.807, 2.05) is 49.4 Å². The Hall–Kier alpha value is -3.25. The summed E-state index contributed by atoms with van der Waals surface area (Å²) in [6.45, 7) is 1.86. The molecule has 0 heterocycles. The topological polar surface area (TPSA) is 84.2 Å². The average Bonchev–Trinajstić information content (AvgIpc) is 2.77. The molecule has 3 aromatic rings. The fraction of sp³-hybridized carbons (Fsp3) is 0.280. The lowest BCUT2D eigenvalue weighted by atomic mass is 9.91. The summed E-state index contributed by atoms with van der Waals surface area (Å²) in [4.78, 5) is 24.7. The van der Waals surface area contributed by atoms with Crippen molar-refractivity contribution < 1.29 is 14.0 Å². The van der Waals surface area contributed by atoms with Gasteiger partial charge in [-0.25, -0.2) is 4.39 Å². The Morgan fingerprint density at radius 1 is 0.935 bits per heavy atom. The average molecular weight is 422 g/mol. The summed E-state index contributed by atoms with van der Waals surface area (Å²) in [5.41, 5.74) is 7.50. The molecule has 162 valence electrons. The Morgan fingerprint density at radius 3 is 2.23 bits per heavy atom. The van der Waals surface area contributed by atoms with Crippen LogP contribution in [-0.2, 0) is 22.4 Å². The third-order valence-corrected chi connectivity index (χ3v) is 5.62. The van der Waals surface area contributed by atoms with E-state index >= 15 is 0 Å². The van der Waals surface area contributed by atoms with E-state index in [4.69, 9.17) is 5.73 Å². The minimum atomic E-state index is -0.628. The molecule has 0 fully saturated rings. The zero-order chi connectivity index (χ0) is 22.4. The Labute approximate surface area is 181 Å². The summed E-state index contributed by atoms with van der Waals surface area (Å²) in [5.74, 6) is -1.40. The maximum Gasteiger partial charge on any atom is 0.234 e. The molecular weight excluding hydrogens is 393 g/mol. The highest BCUT2D eigenvalue weighted by molar-refractivity contribution is 5.84. The van der Waals surface area contributed by atoms with E-state index in [0.29, 0.717) is 12.8 Å². The Kier molecular flexibility index (Phi) is 7.36. The molecule has 0 aliphatic heterocycles. The molecule has 0 saturated heterocycles. The molecule has 4 N–H and O–H groups in total. The summed E-state index contributed by atoms with van der Waals surface area (Å²) in [6.07, 6.45) is 0.830. The van der Waals surface area contributed by atoms with E-state index in [2.05, 4.69) is 10.6 Å². The van der Waals surface area contributed by atoms with Gasteiger partial charge in [0.2, 0.25) is 11.8 Å². The van der Waals surface area contributed by atoms with Gasteiger partial charge in [0.25, 0.3) is 0 Å². The first-order chi connectivity index (χ1) is 14.9. The number of amides is 2. The van der Waals surface area contributed by atoms with E-state index < -0.39 is 17.9 Å². The van der Waals surface area contributed by atoms with Crippen LogP contribution in [0.1, 0.15) is 18.1 Å². The highest BCUT2D eigenvalue weighted by atomic mass is 19.1. The van der Waals surface area contributed by atoms with Gasteiger partial charge in [-0.1, -0.05) is 54.6 Å². The second-order valence-electron chi connectivity index (χ2n) is 7.85.